The summed E-state index contributed by atoms with van der Waals surface area (Å²) >= 11 is 3.41. The van der Waals surface area contributed by atoms with Gasteiger partial charge in [0.25, 0.3) is 0 Å². The van der Waals surface area contributed by atoms with Crippen LogP contribution in [0.15, 0.2) is 22.8 Å². The zero-order valence-electron chi connectivity index (χ0n) is 9.15. The molecule has 0 aliphatic carbocycles. The summed E-state index contributed by atoms with van der Waals surface area (Å²) in [6.45, 7) is 2.18. The third-order valence-corrected chi connectivity index (χ3v) is 3.36. The van der Waals surface area contributed by atoms with Gasteiger partial charge in [0.2, 0.25) is 0 Å². The van der Waals surface area contributed by atoms with Gasteiger partial charge in [-0.25, -0.2) is 4.98 Å². The summed E-state index contributed by atoms with van der Waals surface area (Å²) in [7, 11) is 4.28. The molecule has 0 radical (unpaired) electrons. The fourth-order valence-corrected chi connectivity index (χ4v) is 2.28. The summed E-state index contributed by atoms with van der Waals surface area (Å²) in [4.78, 5) is 9.11. The SMILES string of the molecule is CN(C)[C@H]1CCN(c2cccc(Br)n2)C1. The van der Waals surface area contributed by atoms with Crippen LogP contribution < -0.4 is 4.90 Å². The molecule has 1 fully saturated rings. The van der Waals surface area contributed by atoms with E-state index in [4.69, 9.17) is 0 Å². The van der Waals surface area contributed by atoms with Gasteiger partial charge in [0.1, 0.15) is 10.4 Å². The first-order valence-electron chi connectivity index (χ1n) is 5.21. The Bertz CT molecular complexity index is 340. The number of anilines is 1. The Labute approximate surface area is 99.2 Å². The number of rotatable bonds is 2. The van der Waals surface area contributed by atoms with Crippen LogP contribution in [0.25, 0.3) is 0 Å². The van der Waals surface area contributed by atoms with Gasteiger partial charge in [-0.15, -0.1) is 0 Å². The van der Waals surface area contributed by atoms with Crippen molar-refractivity contribution in [2.75, 3.05) is 32.1 Å². The van der Waals surface area contributed by atoms with Crippen molar-refractivity contribution in [2.24, 2.45) is 0 Å². The summed E-state index contributed by atoms with van der Waals surface area (Å²) in [5.41, 5.74) is 0. The fraction of sp³-hybridized carbons (Fsp3) is 0.545. The molecule has 0 unspecified atom stereocenters. The molecule has 0 amide bonds. The van der Waals surface area contributed by atoms with Crippen molar-refractivity contribution >= 4 is 21.7 Å². The summed E-state index contributed by atoms with van der Waals surface area (Å²) in [5, 5.41) is 0. The number of hydrogen-bond donors (Lipinski definition) is 0. The Balaban J connectivity index is 2.08. The molecule has 2 heterocycles. The van der Waals surface area contributed by atoms with E-state index in [1.165, 1.54) is 6.42 Å². The highest BCUT2D eigenvalue weighted by molar-refractivity contribution is 9.10. The van der Waals surface area contributed by atoms with Crippen LogP contribution in [0.2, 0.25) is 0 Å². The quantitative estimate of drug-likeness (QED) is 0.766. The van der Waals surface area contributed by atoms with Crippen LogP contribution in [0.4, 0.5) is 5.82 Å². The normalized spacial score (nSPS) is 21.3. The first-order valence-corrected chi connectivity index (χ1v) is 6.00. The number of pyridine rings is 1. The minimum absolute atomic E-state index is 0.658. The highest BCUT2D eigenvalue weighted by Crippen LogP contribution is 2.21. The standard InChI is InChI=1S/C11H16BrN3/c1-14(2)9-6-7-15(8-9)11-5-3-4-10(12)13-11/h3-5,9H,6-8H2,1-2H3/t9-/m0/s1. The molecule has 1 atom stereocenters. The average Bonchev–Trinajstić information content (AvgIpc) is 2.66. The second-order valence-electron chi connectivity index (χ2n) is 4.17. The van der Waals surface area contributed by atoms with E-state index in [2.05, 4.69) is 50.9 Å². The van der Waals surface area contributed by atoms with E-state index >= 15 is 0 Å². The molecule has 1 aromatic heterocycles. The lowest BCUT2D eigenvalue weighted by molar-refractivity contribution is 0.315. The van der Waals surface area contributed by atoms with E-state index in [0.717, 1.165) is 23.5 Å². The molecule has 1 aromatic rings. The zero-order chi connectivity index (χ0) is 10.8. The number of nitrogens with zero attached hydrogens (tertiary/aromatic N) is 3. The van der Waals surface area contributed by atoms with Gasteiger partial charge in [0.05, 0.1) is 0 Å². The maximum Gasteiger partial charge on any atom is 0.129 e. The lowest BCUT2D eigenvalue weighted by Crippen LogP contribution is -2.31. The van der Waals surface area contributed by atoms with E-state index in [1.54, 1.807) is 0 Å². The van der Waals surface area contributed by atoms with Gasteiger partial charge in [-0.2, -0.15) is 0 Å². The predicted octanol–water partition coefficient (Wildman–Crippen LogP) is 1.98. The Hall–Kier alpha value is -0.610. The Kier molecular flexibility index (Phi) is 3.26. The van der Waals surface area contributed by atoms with Crippen LogP contribution in [0.1, 0.15) is 6.42 Å². The second-order valence-corrected chi connectivity index (χ2v) is 4.98. The number of likely N-dealkylation sites (N-methyl/N-ethyl adjacent to an activating group) is 1. The molecular formula is C11H16BrN3. The van der Waals surface area contributed by atoms with Crippen molar-refractivity contribution in [3.8, 4) is 0 Å². The van der Waals surface area contributed by atoms with Gasteiger partial charge in [-0.1, -0.05) is 6.07 Å². The topological polar surface area (TPSA) is 19.4 Å². The Morgan fingerprint density at radius 2 is 2.27 bits per heavy atom. The van der Waals surface area contributed by atoms with Crippen molar-refractivity contribution < 1.29 is 0 Å². The molecule has 15 heavy (non-hydrogen) atoms. The van der Waals surface area contributed by atoms with E-state index in [0.29, 0.717) is 6.04 Å². The zero-order valence-corrected chi connectivity index (χ0v) is 10.7. The Morgan fingerprint density at radius 3 is 2.87 bits per heavy atom. The van der Waals surface area contributed by atoms with Crippen LogP contribution in [0, 0.1) is 0 Å². The highest BCUT2D eigenvalue weighted by Gasteiger charge is 2.24. The van der Waals surface area contributed by atoms with E-state index in [1.807, 2.05) is 12.1 Å². The molecular weight excluding hydrogens is 254 g/mol. The fourth-order valence-electron chi connectivity index (χ4n) is 1.95. The largest absolute Gasteiger partial charge is 0.355 e. The van der Waals surface area contributed by atoms with E-state index < -0.39 is 0 Å². The molecule has 3 nitrogen and oxygen atoms in total. The smallest absolute Gasteiger partial charge is 0.129 e. The third-order valence-electron chi connectivity index (χ3n) is 2.92. The second kappa shape index (κ2) is 4.49. The lowest BCUT2D eigenvalue weighted by atomic mass is 10.2. The van der Waals surface area contributed by atoms with Gasteiger partial charge in [0.15, 0.2) is 0 Å². The van der Waals surface area contributed by atoms with Gasteiger partial charge in [-0.05, 0) is 48.6 Å². The number of halogens is 1. The monoisotopic (exact) mass is 269 g/mol. The predicted molar refractivity (Wildman–Crippen MR) is 66.2 cm³/mol. The molecule has 82 valence electrons. The highest BCUT2D eigenvalue weighted by atomic mass is 79.9. The van der Waals surface area contributed by atoms with Crippen molar-refractivity contribution in [2.45, 2.75) is 12.5 Å². The molecule has 0 aromatic carbocycles. The van der Waals surface area contributed by atoms with Crippen molar-refractivity contribution in [3.63, 3.8) is 0 Å². The first kappa shape index (κ1) is 10.9. The maximum absolute atomic E-state index is 4.47. The third kappa shape index (κ3) is 2.49. The molecule has 0 N–H and O–H groups in total. The molecule has 2 rings (SSSR count). The van der Waals surface area contributed by atoms with Crippen molar-refractivity contribution in [1.29, 1.82) is 0 Å². The van der Waals surface area contributed by atoms with Crippen LogP contribution in [-0.2, 0) is 0 Å². The van der Waals surface area contributed by atoms with E-state index in [9.17, 15) is 0 Å². The lowest BCUT2D eigenvalue weighted by Gasteiger charge is -2.21. The number of hydrogen-bond acceptors (Lipinski definition) is 3. The Morgan fingerprint density at radius 1 is 1.47 bits per heavy atom. The van der Waals surface area contributed by atoms with E-state index in [-0.39, 0.29) is 0 Å². The molecule has 1 aliphatic rings. The van der Waals surface area contributed by atoms with Gasteiger partial charge >= 0.3 is 0 Å². The summed E-state index contributed by atoms with van der Waals surface area (Å²) in [6, 6.07) is 6.73. The molecule has 4 heteroatoms. The number of aromatic nitrogens is 1. The van der Waals surface area contributed by atoms with Gasteiger partial charge < -0.3 is 9.80 Å². The molecule has 0 saturated carbocycles. The minimum atomic E-state index is 0.658. The van der Waals surface area contributed by atoms with Crippen LogP contribution >= 0.6 is 15.9 Å². The summed E-state index contributed by atoms with van der Waals surface area (Å²) in [5.74, 6) is 1.08. The molecule has 1 saturated heterocycles. The first-order chi connectivity index (χ1) is 7.16. The van der Waals surface area contributed by atoms with Gasteiger partial charge in [-0.3, -0.25) is 0 Å². The molecule has 0 spiro atoms. The van der Waals surface area contributed by atoms with Crippen LogP contribution in [-0.4, -0.2) is 43.1 Å². The summed E-state index contributed by atoms with van der Waals surface area (Å²) in [6.07, 6.45) is 1.22. The van der Waals surface area contributed by atoms with Crippen molar-refractivity contribution in [3.05, 3.63) is 22.8 Å². The van der Waals surface area contributed by atoms with Crippen LogP contribution in [0.3, 0.4) is 0 Å². The molecule has 0 bridgehead atoms. The van der Waals surface area contributed by atoms with Crippen molar-refractivity contribution in [1.82, 2.24) is 9.88 Å². The maximum atomic E-state index is 4.47. The summed E-state index contributed by atoms with van der Waals surface area (Å²) < 4.78 is 0.910. The van der Waals surface area contributed by atoms with Gasteiger partial charge in [0, 0.05) is 19.1 Å². The minimum Gasteiger partial charge on any atom is -0.355 e. The van der Waals surface area contributed by atoms with Crippen LogP contribution in [0.5, 0.6) is 0 Å². The molecule has 1 aliphatic heterocycles. The average molecular weight is 270 g/mol.